The summed E-state index contributed by atoms with van der Waals surface area (Å²) >= 11 is 0. The molecule has 0 aliphatic carbocycles. The van der Waals surface area contributed by atoms with Gasteiger partial charge in [0, 0.05) is 31.1 Å². The fraction of sp³-hybridized carbons (Fsp3) is 0.435. The van der Waals surface area contributed by atoms with E-state index in [4.69, 9.17) is 5.26 Å². The number of hydrogen-bond acceptors (Lipinski definition) is 3. The molecule has 2 aromatic rings. The number of hydrogen-bond donors (Lipinski definition) is 1. The van der Waals surface area contributed by atoms with Crippen molar-refractivity contribution in [1.29, 1.82) is 5.26 Å². The highest BCUT2D eigenvalue weighted by molar-refractivity contribution is 5.96. The van der Waals surface area contributed by atoms with Gasteiger partial charge in [-0.3, -0.25) is 9.78 Å². The first kappa shape index (κ1) is 25.2. The van der Waals surface area contributed by atoms with E-state index in [9.17, 15) is 26.7 Å². The van der Waals surface area contributed by atoms with Gasteiger partial charge in [0.15, 0.2) is 0 Å². The SMILES string of the molecule is Cc1c(C#N)cccc1C(=O)NCCCCC(F)(F)CCCc1ccc(C(F)(F)F)nc1. The molecule has 0 saturated carbocycles. The second kappa shape index (κ2) is 11.0. The Hall–Kier alpha value is -3.02. The van der Waals surface area contributed by atoms with Crippen molar-refractivity contribution in [2.75, 3.05) is 6.54 Å². The van der Waals surface area contributed by atoms with Crippen LogP contribution in [0.2, 0.25) is 0 Å². The van der Waals surface area contributed by atoms with E-state index in [1.165, 1.54) is 6.07 Å². The normalized spacial score (nSPS) is 11.8. The van der Waals surface area contributed by atoms with Crippen LogP contribution >= 0.6 is 0 Å². The summed E-state index contributed by atoms with van der Waals surface area (Å²) in [4.78, 5) is 15.5. The molecule has 1 amide bonds. The number of nitrogens with one attached hydrogen (secondary N) is 1. The molecule has 4 nitrogen and oxygen atoms in total. The van der Waals surface area contributed by atoms with Crippen LogP contribution in [0.5, 0.6) is 0 Å². The van der Waals surface area contributed by atoms with Gasteiger partial charge in [-0.05, 0) is 61.9 Å². The smallest absolute Gasteiger partial charge is 0.352 e. The lowest BCUT2D eigenvalue weighted by Gasteiger charge is -2.16. The van der Waals surface area contributed by atoms with Crippen molar-refractivity contribution in [2.24, 2.45) is 0 Å². The molecule has 32 heavy (non-hydrogen) atoms. The number of halogens is 5. The molecular weight excluding hydrogens is 429 g/mol. The van der Waals surface area contributed by atoms with Crippen molar-refractivity contribution in [3.8, 4) is 6.07 Å². The Kier molecular flexibility index (Phi) is 8.70. The molecule has 0 unspecified atom stereocenters. The Labute approximate surface area is 183 Å². The molecule has 0 bridgehead atoms. The number of aromatic nitrogens is 1. The van der Waals surface area contributed by atoms with Gasteiger partial charge in [-0.1, -0.05) is 12.1 Å². The Balaban J connectivity index is 1.68. The fourth-order valence-corrected chi connectivity index (χ4v) is 3.22. The molecule has 1 heterocycles. The molecule has 0 aliphatic heterocycles. The monoisotopic (exact) mass is 453 g/mol. The number of aryl methyl sites for hydroxylation is 1. The van der Waals surface area contributed by atoms with E-state index in [1.807, 2.05) is 6.07 Å². The lowest BCUT2D eigenvalue weighted by atomic mass is 10.0. The largest absolute Gasteiger partial charge is 0.433 e. The molecule has 0 fully saturated rings. The molecule has 9 heteroatoms. The Bertz CT molecular complexity index is 950. The summed E-state index contributed by atoms with van der Waals surface area (Å²) in [6, 6.07) is 8.94. The van der Waals surface area contributed by atoms with E-state index >= 15 is 0 Å². The predicted octanol–water partition coefficient (Wildman–Crippen LogP) is 5.84. The van der Waals surface area contributed by atoms with E-state index in [0.29, 0.717) is 28.7 Å². The van der Waals surface area contributed by atoms with Gasteiger partial charge >= 0.3 is 6.18 Å². The van der Waals surface area contributed by atoms with Gasteiger partial charge in [0.25, 0.3) is 5.91 Å². The highest BCUT2D eigenvalue weighted by Gasteiger charge is 2.32. The number of benzene rings is 1. The molecule has 0 atom stereocenters. The van der Waals surface area contributed by atoms with E-state index in [1.54, 1.807) is 25.1 Å². The zero-order chi connectivity index (χ0) is 23.8. The number of pyridine rings is 1. The van der Waals surface area contributed by atoms with Crippen molar-refractivity contribution >= 4 is 5.91 Å². The van der Waals surface area contributed by atoms with Crippen molar-refractivity contribution in [3.63, 3.8) is 0 Å². The van der Waals surface area contributed by atoms with Crippen LogP contribution in [0.15, 0.2) is 36.5 Å². The van der Waals surface area contributed by atoms with Crippen LogP contribution in [0.3, 0.4) is 0 Å². The fourth-order valence-electron chi connectivity index (χ4n) is 3.22. The van der Waals surface area contributed by atoms with Crippen molar-refractivity contribution in [1.82, 2.24) is 10.3 Å². The second-order valence-electron chi connectivity index (χ2n) is 7.56. The zero-order valence-corrected chi connectivity index (χ0v) is 17.6. The van der Waals surface area contributed by atoms with Crippen molar-refractivity contribution in [2.45, 2.75) is 57.5 Å². The van der Waals surface area contributed by atoms with Gasteiger partial charge in [0.05, 0.1) is 11.6 Å². The number of carbonyl (C=O) groups is 1. The van der Waals surface area contributed by atoms with E-state index in [2.05, 4.69) is 10.3 Å². The summed E-state index contributed by atoms with van der Waals surface area (Å²) < 4.78 is 65.6. The summed E-state index contributed by atoms with van der Waals surface area (Å²) in [5, 5.41) is 11.7. The lowest BCUT2D eigenvalue weighted by molar-refractivity contribution is -0.141. The number of alkyl halides is 5. The van der Waals surface area contributed by atoms with Gasteiger partial charge < -0.3 is 5.32 Å². The van der Waals surface area contributed by atoms with Crippen LogP contribution < -0.4 is 5.32 Å². The minimum atomic E-state index is -4.52. The summed E-state index contributed by atoms with van der Waals surface area (Å²) in [5.41, 5.74) is 0.831. The van der Waals surface area contributed by atoms with Gasteiger partial charge in [-0.25, -0.2) is 8.78 Å². The van der Waals surface area contributed by atoms with Gasteiger partial charge in [0.1, 0.15) is 5.69 Å². The standard InChI is InChI=1S/C23H24F5N3O/c1-16-18(14-29)7-4-8-19(16)21(32)30-13-3-2-11-22(24,25)12-5-6-17-9-10-20(31-15-17)23(26,27)28/h4,7-10,15H,2-3,5-6,11-13H2,1H3,(H,30,32). The maximum Gasteiger partial charge on any atom is 0.433 e. The molecule has 1 aromatic heterocycles. The molecule has 0 radical (unpaired) electrons. The minimum Gasteiger partial charge on any atom is -0.352 e. The first-order valence-electron chi connectivity index (χ1n) is 10.2. The van der Waals surface area contributed by atoms with Gasteiger partial charge in [-0.2, -0.15) is 18.4 Å². The van der Waals surface area contributed by atoms with Crippen molar-refractivity contribution < 1.29 is 26.7 Å². The number of unbranched alkanes of at least 4 members (excludes halogenated alkanes) is 1. The summed E-state index contributed by atoms with van der Waals surface area (Å²) in [5.74, 6) is -3.24. The lowest BCUT2D eigenvalue weighted by Crippen LogP contribution is -2.26. The average Bonchev–Trinajstić information content (AvgIpc) is 2.73. The summed E-state index contributed by atoms with van der Waals surface area (Å²) in [7, 11) is 0. The molecule has 0 spiro atoms. The van der Waals surface area contributed by atoms with Gasteiger partial charge in [-0.15, -0.1) is 0 Å². The number of carbonyl (C=O) groups excluding carboxylic acids is 1. The van der Waals surface area contributed by atoms with E-state index in [-0.39, 0.29) is 44.6 Å². The zero-order valence-electron chi connectivity index (χ0n) is 17.6. The maximum atomic E-state index is 14.1. The van der Waals surface area contributed by atoms with Crippen LogP contribution in [0.25, 0.3) is 0 Å². The van der Waals surface area contributed by atoms with Gasteiger partial charge in [0.2, 0.25) is 5.92 Å². The summed E-state index contributed by atoms with van der Waals surface area (Å²) in [6.07, 6.45) is -3.23. The third-order valence-electron chi connectivity index (χ3n) is 5.08. The Morgan fingerprint density at radius 3 is 2.41 bits per heavy atom. The van der Waals surface area contributed by atoms with Crippen LogP contribution in [0.4, 0.5) is 22.0 Å². The van der Waals surface area contributed by atoms with Crippen LogP contribution in [0.1, 0.15) is 64.8 Å². The highest BCUT2D eigenvalue weighted by atomic mass is 19.4. The first-order valence-corrected chi connectivity index (χ1v) is 10.2. The number of amides is 1. The molecule has 1 aromatic carbocycles. The third-order valence-corrected chi connectivity index (χ3v) is 5.08. The van der Waals surface area contributed by atoms with E-state index in [0.717, 1.165) is 12.3 Å². The molecule has 0 aliphatic rings. The maximum absolute atomic E-state index is 14.1. The number of rotatable bonds is 10. The first-order chi connectivity index (χ1) is 15.0. The second-order valence-corrected chi connectivity index (χ2v) is 7.56. The molecule has 172 valence electrons. The highest BCUT2D eigenvalue weighted by Crippen LogP contribution is 2.29. The quantitative estimate of drug-likeness (QED) is 0.363. The minimum absolute atomic E-state index is 0.130. The third kappa shape index (κ3) is 7.59. The van der Waals surface area contributed by atoms with E-state index < -0.39 is 17.8 Å². The number of nitriles is 1. The molecular formula is C23H24F5N3O. The molecule has 0 saturated heterocycles. The molecule has 2 rings (SSSR count). The topological polar surface area (TPSA) is 65.8 Å². The summed E-state index contributed by atoms with van der Waals surface area (Å²) in [6.45, 7) is 1.91. The Morgan fingerprint density at radius 1 is 1.06 bits per heavy atom. The molecule has 1 N–H and O–H groups in total. The predicted molar refractivity (Wildman–Crippen MR) is 109 cm³/mol. The number of nitrogens with zero attached hydrogens (tertiary/aromatic N) is 2. The van der Waals surface area contributed by atoms with Crippen LogP contribution in [0, 0.1) is 18.3 Å². The van der Waals surface area contributed by atoms with Crippen molar-refractivity contribution in [3.05, 3.63) is 64.5 Å². The van der Waals surface area contributed by atoms with Crippen LogP contribution in [-0.4, -0.2) is 23.4 Å². The average molecular weight is 453 g/mol. The Morgan fingerprint density at radius 2 is 1.78 bits per heavy atom. The van der Waals surface area contributed by atoms with Crippen LogP contribution in [-0.2, 0) is 12.6 Å².